The van der Waals surface area contributed by atoms with Crippen LogP contribution in [0.3, 0.4) is 0 Å². The molecule has 0 saturated heterocycles. The molecule has 2 aromatic carbocycles. The molecule has 0 radical (unpaired) electrons. The Kier molecular flexibility index (Phi) is 4.68. The highest BCUT2D eigenvalue weighted by Gasteiger charge is 2.17. The summed E-state index contributed by atoms with van der Waals surface area (Å²) in [6.45, 7) is 2.04. The highest BCUT2D eigenvalue weighted by molar-refractivity contribution is 9.10. The molecule has 0 aromatic heterocycles. The lowest BCUT2D eigenvalue weighted by Crippen LogP contribution is -2.14. The molecule has 2 N–H and O–H groups in total. The maximum Gasteiger partial charge on any atom is 0.123 e. The Bertz CT molecular complexity index is 613. The minimum absolute atomic E-state index is 0.259. The van der Waals surface area contributed by atoms with Crippen molar-refractivity contribution in [3.05, 3.63) is 57.6 Å². The largest absolute Gasteiger partial charge is 0.497 e. The van der Waals surface area contributed by atoms with E-state index in [1.165, 1.54) is 0 Å². The van der Waals surface area contributed by atoms with E-state index in [-0.39, 0.29) is 6.04 Å². The monoisotopic (exact) mass is 335 g/mol. The van der Waals surface area contributed by atoms with Crippen molar-refractivity contribution in [1.82, 2.24) is 0 Å². The third kappa shape index (κ3) is 2.97. The van der Waals surface area contributed by atoms with Crippen LogP contribution in [-0.4, -0.2) is 14.2 Å². The van der Waals surface area contributed by atoms with Gasteiger partial charge in [0.2, 0.25) is 0 Å². The van der Waals surface area contributed by atoms with Crippen LogP contribution in [0.15, 0.2) is 40.9 Å². The molecule has 1 atom stereocenters. The van der Waals surface area contributed by atoms with E-state index in [0.29, 0.717) is 0 Å². The van der Waals surface area contributed by atoms with Crippen LogP contribution in [0.1, 0.15) is 22.7 Å². The standard InChI is InChI=1S/C16H18BrNO2/c1-10-4-7-15(20-3)13(8-10)16(18)12-6-5-11(19-2)9-14(12)17/h4-9,16H,18H2,1-3H3. The van der Waals surface area contributed by atoms with Gasteiger partial charge < -0.3 is 15.2 Å². The summed E-state index contributed by atoms with van der Waals surface area (Å²) in [4.78, 5) is 0. The van der Waals surface area contributed by atoms with E-state index in [1.807, 2.05) is 37.3 Å². The van der Waals surface area contributed by atoms with Gasteiger partial charge >= 0.3 is 0 Å². The second-order valence-corrected chi connectivity index (χ2v) is 5.46. The highest BCUT2D eigenvalue weighted by Crippen LogP contribution is 2.34. The molecule has 0 aliphatic heterocycles. The number of aryl methyl sites for hydroxylation is 1. The van der Waals surface area contributed by atoms with Crippen LogP contribution < -0.4 is 15.2 Å². The van der Waals surface area contributed by atoms with Crippen LogP contribution in [0.5, 0.6) is 11.5 Å². The van der Waals surface area contributed by atoms with Crippen molar-refractivity contribution < 1.29 is 9.47 Å². The first-order valence-electron chi connectivity index (χ1n) is 6.30. The van der Waals surface area contributed by atoms with E-state index >= 15 is 0 Å². The van der Waals surface area contributed by atoms with E-state index in [4.69, 9.17) is 15.2 Å². The van der Waals surface area contributed by atoms with Crippen molar-refractivity contribution in [3.63, 3.8) is 0 Å². The molecule has 20 heavy (non-hydrogen) atoms. The average Bonchev–Trinajstić information content (AvgIpc) is 2.46. The quantitative estimate of drug-likeness (QED) is 0.923. The van der Waals surface area contributed by atoms with Crippen molar-refractivity contribution in [2.45, 2.75) is 13.0 Å². The summed E-state index contributed by atoms with van der Waals surface area (Å²) < 4.78 is 11.5. The van der Waals surface area contributed by atoms with Crippen LogP contribution in [0, 0.1) is 6.92 Å². The minimum Gasteiger partial charge on any atom is -0.497 e. The number of halogens is 1. The van der Waals surface area contributed by atoms with E-state index in [2.05, 4.69) is 22.0 Å². The number of methoxy groups -OCH3 is 2. The Labute approximate surface area is 127 Å². The van der Waals surface area contributed by atoms with Gasteiger partial charge in [0.1, 0.15) is 11.5 Å². The molecular weight excluding hydrogens is 318 g/mol. The maximum absolute atomic E-state index is 6.40. The SMILES string of the molecule is COc1ccc(C(N)c2cc(C)ccc2OC)c(Br)c1. The fourth-order valence-corrected chi connectivity index (χ4v) is 2.76. The van der Waals surface area contributed by atoms with Crippen molar-refractivity contribution in [1.29, 1.82) is 0 Å². The van der Waals surface area contributed by atoms with Crippen molar-refractivity contribution in [3.8, 4) is 11.5 Å². The third-order valence-corrected chi connectivity index (χ3v) is 3.95. The number of benzene rings is 2. The van der Waals surface area contributed by atoms with Crippen molar-refractivity contribution in [2.24, 2.45) is 5.73 Å². The predicted molar refractivity (Wildman–Crippen MR) is 84.5 cm³/mol. The van der Waals surface area contributed by atoms with E-state index in [0.717, 1.165) is 32.7 Å². The molecular formula is C16H18BrNO2. The molecule has 0 fully saturated rings. The van der Waals surface area contributed by atoms with Gasteiger partial charge in [0.25, 0.3) is 0 Å². The third-order valence-electron chi connectivity index (χ3n) is 3.26. The summed E-state index contributed by atoms with van der Waals surface area (Å²) >= 11 is 3.55. The van der Waals surface area contributed by atoms with E-state index < -0.39 is 0 Å². The maximum atomic E-state index is 6.40. The first kappa shape index (κ1) is 14.9. The lowest BCUT2D eigenvalue weighted by molar-refractivity contribution is 0.407. The number of ether oxygens (including phenoxy) is 2. The van der Waals surface area contributed by atoms with Gasteiger partial charge in [-0.05, 0) is 30.7 Å². The van der Waals surface area contributed by atoms with E-state index in [9.17, 15) is 0 Å². The average molecular weight is 336 g/mol. The molecule has 0 aliphatic carbocycles. The van der Waals surface area contributed by atoms with Crippen molar-refractivity contribution in [2.75, 3.05) is 14.2 Å². The van der Waals surface area contributed by atoms with Gasteiger partial charge in [0, 0.05) is 10.0 Å². The lowest BCUT2D eigenvalue weighted by Gasteiger charge is -2.18. The zero-order valence-corrected chi connectivity index (χ0v) is 13.4. The second-order valence-electron chi connectivity index (χ2n) is 4.61. The number of hydrogen-bond acceptors (Lipinski definition) is 3. The molecule has 2 rings (SSSR count). The second kappa shape index (κ2) is 6.29. The lowest BCUT2D eigenvalue weighted by atomic mass is 9.97. The molecule has 2 aromatic rings. The number of hydrogen-bond donors (Lipinski definition) is 1. The molecule has 0 saturated carbocycles. The molecule has 1 unspecified atom stereocenters. The predicted octanol–water partition coefficient (Wildman–Crippen LogP) is 3.82. The van der Waals surface area contributed by atoms with Crippen LogP contribution in [0.4, 0.5) is 0 Å². The van der Waals surface area contributed by atoms with Gasteiger partial charge in [0.05, 0.1) is 20.3 Å². The molecule has 106 valence electrons. The van der Waals surface area contributed by atoms with Crippen LogP contribution in [-0.2, 0) is 0 Å². The molecule has 0 heterocycles. The zero-order chi connectivity index (χ0) is 14.7. The fourth-order valence-electron chi connectivity index (χ4n) is 2.15. The summed E-state index contributed by atoms with van der Waals surface area (Å²) in [7, 11) is 3.30. The Morgan fingerprint density at radius 3 is 2.35 bits per heavy atom. The zero-order valence-electron chi connectivity index (χ0n) is 11.8. The summed E-state index contributed by atoms with van der Waals surface area (Å²) in [5.74, 6) is 1.59. The summed E-state index contributed by atoms with van der Waals surface area (Å²) in [5.41, 5.74) is 9.52. The van der Waals surface area contributed by atoms with Crippen LogP contribution >= 0.6 is 15.9 Å². The van der Waals surface area contributed by atoms with Gasteiger partial charge in [-0.25, -0.2) is 0 Å². The fraction of sp³-hybridized carbons (Fsp3) is 0.250. The molecule has 3 nitrogen and oxygen atoms in total. The topological polar surface area (TPSA) is 44.5 Å². The summed E-state index contributed by atoms with van der Waals surface area (Å²) in [6, 6.07) is 11.5. The molecule has 4 heteroatoms. The Hall–Kier alpha value is -1.52. The molecule has 0 aliphatic rings. The highest BCUT2D eigenvalue weighted by atomic mass is 79.9. The summed E-state index contributed by atoms with van der Waals surface area (Å²) in [6.07, 6.45) is 0. The molecule has 0 bridgehead atoms. The summed E-state index contributed by atoms with van der Waals surface area (Å²) in [5, 5.41) is 0. The number of nitrogens with two attached hydrogens (primary N) is 1. The van der Waals surface area contributed by atoms with Gasteiger partial charge in [-0.15, -0.1) is 0 Å². The van der Waals surface area contributed by atoms with Crippen LogP contribution in [0.25, 0.3) is 0 Å². The first-order valence-corrected chi connectivity index (χ1v) is 7.09. The minimum atomic E-state index is -0.259. The van der Waals surface area contributed by atoms with E-state index in [1.54, 1.807) is 14.2 Å². The van der Waals surface area contributed by atoms with Gasteiger partial charge in [-0.1, -0.05) is 39.7 Å². The van der Waals surface area contributed by atoms with Gasteiger partial charge in [-0.2, -0.15) is 0 Å². The first-order chi connectivity index (χ1) is 9.56. The molecule has 0 spiro atoms. The molecule has 0 amide bonds. The smallest absolute Gasteiger partial charge is 0.123 e. The van der Waals surface area contributed by atoms with Crippen LogP contribution in [0.2, 0.25) is 0 Å². The number of rotatable bonds is 4. The van der Waals surface area contributed by atoms with Crippen molar-refractivity contribution >= 4 is 15.9 Å². The van der Waals surface area contributed by atoms with Gasteiger partial charge in [0.15, 0.2) is 0 Å². The van der Waals surface area contributed by atoms with Gasteiger partial charge in [-0.3, -0.25) is 0 Å². The normalized spacial score (nSPS) is 12.1. The Morgan fingerprint density at radius 1 is 1.00 bits per heavy atom. The Balaban J connectivity index is 2.45. The Morgan fingerprint density at radius 2 is 1.75 bits per heavy atom.